The third-order valence-corrected chi connectivity index (χ3v) is 1.98. The maximum atomic E-state index is 11.9. The molecule has 0 bridgehead atoms. The van der Waals surface area contributed by atoms with Crippen molar-refractivity contribution >= 4 is 5.78 Å². The number of para-hydroxylation sites is 1. The SMILES string of the molecule is COc1ccccc1C(=O)c1ncn[nH]1. The fraction of sp³-hybridized carbons (Fsp3) is 0.100. The van der Waals surface area contributed by atoms with Crippen LogP contribution in [0.4, 0.5) is 0 Å². The molecule has 0 saturated heterocycles. The Morgan fingerprint density at radius 2 is 2.20 bits per heavy atom. The Kier molecular flexibility index (Phi) is 2.45. The molecular formula is C10H9N3O2. The van der Waals surface area contributed by atoms with Crippen molar-refractivity contribution in [3.05, 3.63) is 42.0 Å². The number of H-pyrrole nitrogens is 1. The third-order valence-electron chi connectivity index (χ3n) is 1.98. The average molecular weight is 203 g/mol. The number of carbonyl (C=O) groups excluding carboxylic acids is 1. The Morgan fingerprint density at radius 1 is 1.40 bits per heavy atom. The van der Waals surface area contributed by atoms with Crippen LogP contribution in [0, 0.1) is 0 Å². The summed E-state index contributed by atoms with van der Waals surface area (Å²) in [6.45, 7) is 0. The summed E-state index contributed by atoms with van der Waals surface area (Å²) < 4.78 is 5.08. The second kappa shape index (κ2) is 3.91. The number of methoxy groups -OCH3 is 1. The second-order valence-electron chi connectivity index (χ2n) is 2.86. The van der Waals surface area contributed by atoms with Crippen molar-refractivity contribution < 1.29 is 9.53 Å². The predicted octanol–water partition coefficient (Wildman–Crippen LogP) is 1.04. The van der Waals surface area contributed by atoms with Crippen molar-refractivity contribution in [2.75, 3.05) is 7.11 Å². The lowest BCUT2D eigenvalue weighted by Gasteiger charge is -2.04. The number of hydrogen-bond donors (Lipinski definition) is 1. The predicted molar refractivity (Wildman–Crippen MR) is 52.8 cm³/mol. The third kappa shape index (κ3) is 1.71. The molecule has 15 heavy (non-hydrogen) atoms. The first-order valence-corrected chi connectivity index (χ1v) is 4.36. The molecule has 1 aromatic heterocycles. The number of carbonyl (C=O) groups is 1. The molecular weight excluding hydrogens is 194 g/mol. The molecule has 2 rings (SSSR count). The summed E-state index contributed by atoms with van der Waals surface area (Å²) in [5.41, 5.74) is 0.469. The van der Waals surface area contributed by atoms with E-state index in [1.807, 2.05) is 0 Å². The highest BCUT2D eigenvalue weighted by Gasteiger charge is 2.15. The Hall–Kier alpha value is -2.17. The number of aromatic amines is 1. The summed E-state index contributed by atoms with van der Waals surface area (Å²) in [6, 6.07) is 6.98. The molecule has 0 saturated carbocycles. The quantitative estimate of drug-likeness (QED) is 0.757. The van der Waals surface area contributed by atoms with Crippen molar-refractivity contribution in [3.63, 3.8) is 0 Å². The molecule has 1 heterocycles. The molecule has 0 unspecified atom stereocenters. The highest BCUT2D eigenvalue weighted by atomic mass is 16.5. The van der Waals surface area contributed by atoms with E-state index in [4.69, 9.17) is 4.74 Å². The second-order valence-corrected chi connectivity index (χ2v) is 2.86. The van der Waals surface area contributed by atoms with Crippen molar-refractivity contribution in [3.8, 4) is 5.75 Å². The van der Waals surface area contributed by atoms with Crippen molar-refractivity contribution in [2.45, 2.75) is 0 Å². The van der Waals surface area contributed by atoms with Gasteiger partial charge < -0.3 is 4.74 Å². The van der Waals surface area contributed by atoms with E-state index in [1.54, 1.807) is 24.3 Å². The van der Waals surface area contributed by atoms with Crippen LogP contribution >= 0.6 is 0 Å². The zero-order valence-corrected chi connectivity index (χ0v) is 8.10. The van der Waals surface area contributed by atoms with E-state index in [1.165, 1.54) is 13.4 Å². The Balaban J connectivity index is 2.42. The first-order valence-electron chi connectivity index (χ1n) is 4.36. The molecule has 5 heteroatoms. The minimum absolute atomic E-state index is 0.208. The molecule has 2 aromatic rings. The first kappa shape index (κ1) is 9.39. The highest BCUT2D eigenvalue weighted by Crippen LogP contribution is 2.19. The Morgan fingerprint density at radius 3 is 2.87 bits per heavy atom. The van der Waals surface area contributed by atoms with Crippen LogP contribution in [-0.4, -0.2) is 28.1 Å². The summed E-state index contributed by atoms with van der Waals surface area (Å²) in [4.78, 5) is 15.7. The molecule has 0 aliphatic heterocycles. The summed E-state index contributed by atoms with van der Waals surface area (Å²) in [7, 11) is 1.52. The molecule has 0 atom stereocenters. The number of aromatic nitrogens is 3. The summed E-state index contributed by atoms with van der Waals surface area (Å²) in [5, 5.41) is 6.15. The van der Waals surface area contributed by atoms with Crippen LogP contribution in [-0.2, 0) is 0 Å². The van der Waals surface area contributed by atoms with Crippen molar-refractivity contribution in [1.29, 1.82) is 0 Å². The van der Waals surface area contributed by atoms with Crippen LogP contribution < -0.4 is 4.74 Å². The number of hydrogen-bond acceptors (Lipinski definition) is 4. The molecule has 0 spiro atoms. The number of benzene rings is 1. The van der Waals surface area contributed by atoms with Gasteiger partial charge in [-0.1, -0.05) is 12.1 Å². The van der Waals surface area contributed by atoms with Crippen molar-refractivity contribution in [2.24, 2.45) is 0 Å². The fourth-order valence-corrected chi connectivity index (χ4v) is 1.27. The maximum Gasteiger partial charge on any atom is 0.233 e. The summed E-state index contributed by atoms with van der Waals surface area (Å²) in [5.74, 6) is 0.503. The van der Waals surface area contributed by atoms with Gasteiger partial charge >= 0.3 is 0 Å². The van der Waals surface area contributed by atoms with Gasteiger partial charge in [0.2, 0.25) is 5.78 Å². The van der Waals surface area contributed by atoms with E-state index in [2.05, 4.69) is 15.2 Å². The standard InChI is InChI=1S/C10H9N3O2/c1-15-8-5-3-2-4-7(8)9(14)10-11-6-12-13-10/h2-6H,1H3,(H,11,12,13). The molecule has 0 fully saturated rings. The van der Waals surface area contributed by atoms with Crippen LogP contribution in [0.25, 0.3) is 0 Å². The zero-order chi connectivity index (χ0) is 10.7. The molecule has 76 valence electrons. The van der Waals surface area contributed by atoms with E-state index in [0.717, 1.165) is 0 Å². The van der Waals surface area contributed by atoms with Crippen LogP contribution in [0.1, 0.15) is 16.2 Å². The molecule has 5 nitrogen and oxygen atoms in total. The first-order chi connectivity index (χ1) is 7.33. The van der Waals surface area contributed by atoms with Crippen LogP contribution in [0.3, 0.4) is 0 Å². The molecule has 0 aliphatic carbocycles. The molecule has 0 aliphatic rings. The lowest BCUT2D eigenvalue weighted by molar-refractivity contribution is 0.102. The van der Waals surface area contributed by atoms with Gasteiger partial charge in [0.1, 0.15) is 12.1 Å². The Labute approximate surface area is 86.1 Å². The van der Waals surface area contributed by atoms with E-state index in [-0.39, 0.29) is 11.6 Å². The van der Waals surface area contributed by atoms with Gasteiger partial charge in [-0.15, -0.1) is 0 Å². The van der Waals surface area contributed by atoms with E-state index in [0.29, 0.717) is 11.3 Å². The summed E-state index contributed by atoms with van der Waals surface area (Å²) >= 11 is 0. The topological polar surface area (TPSA) is 67.9 Å². The monoisotopic (exact) mass is 203 g/mol. The maximum absolute atomic E-state index is 11.9. The van der Waals surface area contributed by atoms with Crippen LogP contribution in [0.2, 0.25) is 0 Å². The van der Waals surface area contributed by atoms with Gasteiger partial charge in [-0.25, -0.2) is 4.98 Å². The van der Waals surface area contributed by atoms with Crippen LogP contribution in [0.15, 0.2) is 30.6 Å². The van der Waals surface area contributed by atoms with Gasteiger partial charge in [0.25, 0.3) is 0 Å². The zero-order valence-electron chi connectivity index (χ0n) is 8.10. The van der Waals surface area contributed by atoms with Gasteiger partial charge in [0, 0.05) is 0 Å². The molecule has 0 amide bonds. The highest BCUT2D eigenvalue weighted by molar-refractivity contribution is 6.08. The Bertz CT molecular complexity index is 465. The number of nitrogens with one attached hydrogen (secondary N) is 1. The number of ketones is 1. The van der Waals surface area contributed by atoms with E-state index >= 15 is 0 Å². The molecule has 1 N–H and O–H groups in total. The van der Waals surface area contributed by atoms with Gasteiger partial charge in [-0.05, 0) is 12.1 Å². The van der Waals surface area contributed by atoms with Gasteiger partial charge in [0.05, 0.1) is 12.7 Å². The largest absolute Gasteiger partial charge is 0.496 e. The number of ether oxygens (including phenoxy) is 1. The van der Waals surface area contributed by atoms with Gasteiger partial charge in [0.15, 0.2) is 5.82 Å². The average Bonchev–Trinajstić information content (AvgIpc) is 2.81. The normalized spacial score (nSPS) is 9.93. The molecule has 0 radical (unpaired) electrons. The summed E-state index contributed by atoms with van der Waals surface area (Å²) in [6.07, 6.45) is 1.29. The van der Waals surface area contributed by atoms with Gasteiger partial charge in [-0.2, -0.15) is 5.10 Å². The lowest BCUT2D eigenvalue weighted by atomic mass is 10.1. The number of nitrogens with zero attached hydrogens (tertiary/aromatic N) is 2. The minimum atomic E-state index is -0.232. The molecule has 1 aromatic carbocycles. The van der Waals surface area contributed by atoms with E-state index < -0.39 is 0 Å². The minimum Gasteiger partial charge on any atom is -0.496 e. The van der Waals surface area contributed by atoms with Crippen molar-refractivity contribution in [1.82, 2.24) is 15.2 Å². The van der Waals surface area contributed by atoms with E-state index in [9.17, 15) is 4.79 Å². The van der Waals surface area contributed by atoms with Crippen LogP contribution in [0.5, 0.6) is 5.75 Å². The smallest absolute Gasteiger partial charge is 0.233 e. The van der Waals surface area contributed by atoms with Gasteiger partial charge in [-0.3, -0.25) is 9.89 Å². The lowest BCUT2D eigenvalue weighted by Crippen LogP contribution is -2.05. The fourth-order valence-electron chi connectivity index (χ4n) is 1.27. The number of rotatable bonds is 3.